The van der Waals surface area contributed by atoms with Crippen molar-refractivity contribution in [1.82, 2.24) is 29.3 Å². The largest absolute Gasteiger partial charge is 0.497 e. The first kappa shape index (κ1) is 22.4. The van der Waals surface area contributed by atoms with Gasteiger partial charge >= 0.3 is 0 Å². The van der Waals surface area contributed by atoms with Crippen molar-refractivity contribution < 1.29 is 14.6 Å². The van der Waals surface area contributed by atoms with Crippen LogP contribution in [0.2, 0.25) is 0 Å². The number of hydrogen-bond acceptors (Lipinski definition) is 8. The number of fused-ring (bicyclic) bond motifs is 1. The number of benzene rings is 1. The SMILES string of the molecule is COc1ccc(CNc2ncnc3c2c(-c2ccn(C)n2)cn3-c2cncc(CO)c2)c(OC)c1. The highest BCUT2D eigenvalue weighted by Crippen LogP contribution is 2.35. The van der Waals surface area contributed by atoms with Gasteiger partial charge in [-0.2, -0.15) is 5.10 Å². The van der Waals surface area contributed by atoms with Gasteiger partial charge in [0.25, 0.3) is 0 Å². The number of pyridine rings is 1. The lowest BCUT2D eigenvalue weighted by atomic mass is 10.1. The van der Waals surface area contributed by atoms with Gasteiger partial charge in [-0.05, 0) is 29.8 Å². The van der Waals surface area contributed by atoms with Crippen LogP contribution >= 0.6 is 0 Å². The van der Waals surface area contributed by atoms with Crippen LogP contribution in [-0.4, -0.2) is 48.6 Å². The van der Waals surface area contributed by atoms with Gasteiger partial charge < -0.3 is 19.9 Å². The summed E-state index contributed by atoms with van der Waals surface area (Å²) in [5.41, 5.74) is 4.82. The van der Waals surface area contributed by atoms with E-state index >= 15 is 0 Å². The number of ether oxygens (including phenoxy) is 2. The second-order valence-corrected chi connectivity index (χ2v) is 7.95. The van der Waals surface area contributed by atoms with E-state index < -0.39 is 0 Å². The van der Waals surface area contributed by atoms with E-state index in [-0.39, 0.29) is 6.61 Å². The van der Waals surface area contributed by atoms with Crippen LogP contribution in [0.4, 0.5) is 5.82 Å². The van der Waals surface area contributed by atoms with Crippen molar-refractivity contribution in [2.75, 3.05) is 19.5 Å². The normalized spacial score (nSPS) is 11.1. The van der Waals surface area contributed by atoms with E-state index in [1.165, 1.54) is 6.33 Å². The lowest BCUT2D eigenvalue weighted by Gasteiger charge is -2.12. The van der Waals surface area contributed by atoms with Gasteiger partial charge in [0.2, 0.25) is 0 Å². The molecule has 0 saturated heterocycles. The lowest BCUT2D eigenvalue weighted by molar-refractivity contribution is 0.281. The first-order chi connectivity index (χ1) is 17.1. The summed E-state index contributed by atoms with van der Waals surface area (Å²) in [6.45, 7) is 0.381. The van der Waals surface area contributed by atoms with Crippen molar-refractivity contribution >= 4 is 16.9 Å². The van der Waals surface area contributed by atoms with Crippen LogP contribution in [0, 0.1) is 0 Å². The molecule has 0 fully saturated rings. The summed E-state index contributed by atoms with van der Waals surface area (Å²) in [6.07, 6.45) is 8.76. The molecule has 0 unspecified atom stereocenters. The molecule has 5 aromatic rings. The predicted octanol–water partition coefficient (Wildman–Crippen LogP) is 3.34. The van der Waals surface area contributed by atoms with Crippen molar-refractivity contribution in [2.24, 2.45) is 7.05 Å². The van der Waals surface area contributed by atoms with Gasteiger partial charge in [0.15, 0.2) is 5.65 Å². The number of aliphatic hydroxyl groups is 1. The van der Waals surface area contributed by atoms with E-state index in [2.05, 4.69) is 25.4 Å². The van der Waals surface area contributed by atoms with E-state index in [4.69, 9.17) is 9.47 Å². The van der Waals surface area contributed by atoms with Crippen molar-refractivity contribution in [3.8, 4) is 28.4 Å². The Bertz CT molecular complexity index is 1490. The topological polar surface area (TPSA) is 112 Å². The Morgan fingerprint density at radius 3 is 2.69 bits per heavy atom. The molecule has 0 amide bonds. The molecule has 178 valence electrons. The first-order valence-electron chi connectivity index (χ1n) is 11.0. The predicted molar refractivity (Wildman–Crippen MR) is 132 cm³/mol. The zero-order chi connectivity index (χ0) is 24.4. The highest BCUT2D eigenvalue weighted by atomic mass is 16.5. The van der Waals surface area contributed by atoms with Crippen molar-refractivity contribution in [3.63, 3.8) is 0 Å². The van der Waals surface area contributed by atoms with Crippen LogP contribution in [0.25, 0.3) is 28.0 Å². The molecule has 0 radical (unpaired) electrons. The summed E-state index contributed by atoms with van der Waals surface area (Å²) in [5.74, 6) is 2.11. The molecule has 10 nitrogen and oxygen atoms in total. The second kappa shape index (κ2) is 9.43. The molecular formula is C25H25N7O3. The summed E-state index contributed by atoms with van der Waals surface area (Å²) in [7, 11) is 5.14. The monoisotopic (exact) mass is 471 g/mol. The fraction of sp³-hybridized carbons (Fsp3) is 0.200. The molecule has 35 heavy (non-hydrogen) atoms. The number of nitrogens with zero attached hydrogens (tertiary/aromatic N) is 6. The second-order valence-electron chi connectivity index (χ2n) is 7.95. The maximum absolute atomic E-state index is 9.59. The Morgan fingerprint density at radius 2 is 1.94 bits per heavy atom. The minimum absolute atomic E-state index is 0.0986. The number of aryl methyl sites for hydroxylation is 1. The number of rotatable bonds is 8. The maximum atomic E-state index is 9.59. The van der Waals surface area contributed by atoms with E-state index in [9.17, 15) is 5.11 Å². The molecule has 4 aromatic heterocycles. The Labute approximate surface area is 201 Å². The fourth-order valence-electron chi connectivity index (χ4n) is 4.01. The molecule has 0 bridgehead atoms. The zero-order valence-electron chi connectivity index (χ0n) is 19.6. The van der Waals surface area contributed by atoms with E-state index in [0.717, 1.165) is 39.4 Å². The van der Waals surface area contributed by atoms with Crippen LogP contribution in [0.1, 0.15) is 11.1 Å². The van der Waals surface area contributed by atoms with Crippen molar-refractivity contribution in [2.45, 2.75) is 13.2 Å². The molecule has 2 N–H and O–H groups in total. The number of methoxy groups -OCH3 is 2. The summed E-state index contributed by atoms with van der Waals surface area (Å²) in [4.78, 5) is 13.4. The Balaban J connectivity index is 1.62. The van der Waals surface area contributed by atoms with Crippen LogP contribution in [0.15, 0.2) is 61.4 Å². The molecule has 0 atom stereocenters. The average molecular weight is 472 g/mol. The van der Waals surface area contributed by atoms with Gasteiger partial charge in [0.05, 0.1) is 43.8 Å². The number of anilines is 1. The fourth-order valence-corrected chi connectivity index (χ4v) is 4.01. The molecule has 0 aliphatic rings. The van der Waals surface area contributed by atoms with Crippen LogP contribution in [0.3, 0.4) is 0 Å². The van der Waals surface area contributed by atoms with Gasteiger partial charge in [0, 0.05) is 49.4 Å². The zero-order valence-corrected chi connectivity index (χ0v) is 19.6. The first-order valence-corrected chi connectivity index (χ1v) is 11.0. The van der Waals surface area contributed by atoms with Crippen LogP contribution in [0.5, 0.6) is 11.5 Å². The molecule has 0 aliphatic heterocycles. The molecule has 10 heteroatoms. The van der Waals surface area contributed by atoms with Gasteiger partial charge in [-0.1, -0.05) is 0 Å². The van der Waals surface area contributed by atoms with Gasteiger partial charge in [-0.25, -0.2) is 9.97 Å². The van der Waals surface area contributed by atoms with Crippen LogP contribution < -0.4 is 14.8 Å². The number of aromatic nitrogens is 6. The molecule has 1 aromatic carbocycles. The maximum Gasteiger partial charge on any atom is 0.150 e. The Morgan fingerprint density at radius 1 is 1.06 bits per heavy atom. The number of nitrogens with one attached hydrogen (secondary N) is 1. The van der Waals surface area contributed by atoms with Crippen molar-refractivity contribution in [3.05, 3.63) is 72.6 Å². The Hall–Kier alpha value is -4.44. The standard InChI is InChI=1S/C25H25N7O3/c1-31-7-6-21(30-31)20-13-32(18-8-16(14-33)10-26-12-18)25-23(20)24(28-15-29-25)27-11-17-4-5-19(34-2)9-22(17)35-3/h4-10,12-13,15,33H,11,14H2,1-3H3,(H,27,28,29). The molecular weight excluding hydrogens is 446 g/mol. The third-order valence-corrected chi connectivity index (χ3v) is 5.75. The van der Waals surface area contributed by atoms with Gasteiger partial charge in [-0.15, -0.1) is 0 Å². The van der Waals surface area contributed by atoms with E-state index in [0.29, 0.717) is 23.6 Å². The minimum Gasteiger partial charge on any atom is -0.497 e. The Kier molecular flexibility index (Phi) is 6.02. The van der Waals surface area contributed by atoms with Gasteiger partial charge in [-0.3, -0.25) is 14.2 Å². The number of hydrogen-bond donors (Lipinski definition) is 2. The molecule has 4 heterocycles. The average Bonchev–Trinajstić information content (AvgIpc) is 3.51. The van der Waals surface area contributed by atoms with Crippen LogP contribution in [-0.2, 0) is 20.2 Å². The summed E-state index contributed by atoms with van der Waals surface area (Å²) in [5, 5.41) is 18.5. The van der Waals surface area contributed by atoms with E-state index in [1.807, 2.05) is 54.3 Å². The van der Waals surface area contributed by atoms with Crippen molar-refractivity contribution in [1.29, 1.82) is 0 Å². The lowest BCUT2D eigenvalue weighted by Crippen LogP contribution is -2.05. The molecule has 0 spiro atoms. The smallest absolute Gasteiger partial charge is 0.150 e. The minimum atomic E-state index is -0.0986. The summed E-state index contributed by atoms with van der Waals surface area (Å²) in [6, 6.07) is 9.53. The molecule has 0 aliphatic carbocycles. The summed E-state index contributed by atoms with van der Waals surface area (Å²) >= 11 is 0. The third-order valence-electron chi connectivity index (χ3n) is 5.75. The quantitative estimate of drug-likeness (QED) is 0.354. The molecule has 0 saturated carbocycles. The van der Waals surface area contributed by atoms with Gasteiger partial charge in [0.1, 0.15) is 23.6 Å². The summed E-state index contributed by atoms with van der Waals surface area (Å²) < 4.78 is 14.5. The van der Waals surface area contributed by atoms with E-state index in [1.54, 1.807) is 31.3 Å². The highest BCUT2D eigenvalue weighted by Gasteiger charge is 2.19. The highest BCUT2D eigenvalue weighted by molar-refractivity contribution is 6.01. The third kappa shape index (κ3) is 4.26. The molecule has 5 rings (SSSR count). The number of aliphatic hydroxyl groups excluding tert-OH is 1.